The topological polar surface area (TPSA) is 0 Å². The van der Waals surface area contributed by atoms with E-state index in [9.17, 15) is 0 Å². The number of hydrogen-bond acceptors (Lipinski definition) is 0. The van der Waals surface area contributed by atoms with E-state index < -0.39 is 0 Å². The van der Waals surface area contributed by atoms with Crippen molar-refractivity contribution < 1.29 is 0 Å². The molecule has 0 bridgehead atoms. The van der Waals surface area contributed by atoms with Gasteiger partial charge in [0.05, 0.1) is 0 Å². The molecule has 0 N–H and O–H groups in total. The van der Waals surface area contributed by atoms with Gasteiger partial charge in [-0.15, -0.1) is 0 Å². The third-order valence-electron chi connectivity index (χ3n) is 4.27. The highest BCUT2D eigenvalue weighted by atomic mass is 28.2. The maximum Gasteiger partial charge on any atom is 0.0333 e. The van der Waals surface area contributed by atoms with Gasteiger partial charge in [-0.3, -0.25) is 0 Å². The first-order valence-corrected chi connectivity index (χ1v) is 7.36. The summed E-state index contributed by atoms with van der Waals surface area (Å²) in [5.41, 5.74) is 0. The average Bonchev–Trinajstić information content (AvgIpc) is 2.17. The van der Waals surface area contributed by atoms with Gasteiger partial charge in [-0.1, -0.05) is 67.2 Å². The van der Waals surface area contributed by atoms with Gasteiger partial charge in [0.15, 0.2) is 0 Å². The molecule has 0 aromatic heterocycles. The van der Waals surface area contributed by atoms with Crippen LogP contribution in [0.4, 0.5) is 0 Å². The maximum atomic E-state index is 2.50. The second-order valence-electron chi connectivity index (χ2n) is 5.21. The van der Waals surface area contributed by atoms with Crippen LogP contribution in [-0.2, 0) is 0 Å². The summed E-state index contributed by atoms with van der Waals surface area (Å²) in [6, 6.07) is 0. The van der Waals surface area contributed by atoms with Crippen LogP contribution in [0.3, 0.4) is 0 Å². The van der Waals surface area contributed by atoms with Gasteiger partial charge in [-0.05, 0) is 10.1 Å². The first kappa shape index (κ1) is 13.2. The Morgan fingerprint density at radius 1 is 0.692 bits per heavy atom. The minimum absolute atomic E-state index is 0.0463. The summed E-state index contributed by atoms with van der Waals surface area (Å²) in [5.74, 6) is 0. The van der Waals surface area contributed by atoms with Gasteiger partial charge in [0.1, 0.15) is 0 Å². The number of rotatable bonds is 6. The monoisotopic (exact) mass is 200 g/mol. The summed E-state index contributed by atoms with van der Waals surface area (Å²) >= 11 is 0. The average molecular weight is 200 g/mol. The summed E-state index contributed by atoms with van der Waals surface area (Å²) in [6.45, 7) is 14.5. The molecule has 0 aliphatic heterocycles. The van der Waals surface area contributed by atoms with Crippen LogP contribution >= 0.6 is 0 Å². The van der Waals surface area contributed by atoms with Crippen LogP contribution in [0.2, 0.25) is 10.1 Å². The first-order valence-electron chi connectivity index (χ1n) is 5.95. The highest BCUT2D eigenvalue weighted by molar-refractivity contribution is 6.44. The van der Waals surface area contributed by atoms with Gasteiger partial charge < -0.3 is 0 Å². The molecule has 0 amide bonds. The lowest BCUT2D eigenvalue weighted by atomic mass is 10.0. The standard InChI is InChI=1S/C12H28Si/c1-7-11(5,8-2)13-12(6,9-3)10-4/h7-10,13H2,1-6H3. The van der Waals surface area contributed by atoms with E-state index >= 15 is 0 Å². The first-order chi connectivity index (χ1) is 5.95. The Balaban J connectivity index is 4.36. The second kappa shape index (κ2) is 5.19. The summed E-state index contributed by atoms with van der Waals surface area (Å²) in [4.78, 5) is 0. The fourth-order valence-electron chi connectivity index (χ4n) is 2.03. The quantitative estimate of drug-likeness (QED) is 0.565. The number of hydrogen-bond donors (Lipinski definition) is 0. The van der Waals surface area contributed by atoms with Crippen molar-refractivity contribution in [1.29, 1.82) is 0 Å². The van der Waals surface area contributed by atoms with E-state index in [0.717, 1.165) is 0 Å². The summed E-state index contributed by atoms with van der Waals surface area (Å²) in [6.07, 6.45) is 5.52. The van der Waals surface area contributed by atoms with Crippen molar-refractivity contribution in [3.63, 3.8) is 0 Å². The Hall–Kier alpha value is 0.217. The van der Waals surface area contributed by atoms with E-state index in [-0.39, 0.29) is 9.52 Å². The minimum atomic E-state index is 0.0463. The third-order valence-corrected chi connectivity index (χ3v) is 7.97. The Labute approximate surface area is 87.3 Å². The van der Waals surface area contributed by atoms with Crippen LogP contribution in [0, 0.1) is 0 Å². The van der Waals surface area contributed by atoms with Crippen molar-refractivity contribution in [3.8, 4) is 0 Å². The summed E-state index contributed by atoms with van der Waals surface area (Å²) in [7, 11) is 0.0463. The van der Waals surface area contributed by atoms with E-state index in [1.807, 2.05) is 0 Å². The van der Waals surface area contributed by atoms with E-state index in [2.05, 4.69) is 41.5 Å². The molecule has 0 atom stereocenters. The lowest BCUT2D eigenvalue weighted by Gasteiger charge is -2.37. The maximum absolute atomic E-state index is 2.50. The molecule has 0 radical (unpaired) electrons. The molecule has 0 rings (SSSR count). The molecule has 0 aliphatic carbocycles. The molecule has 0 heterocycles. The highest BCUT2D eigenvalue weighted by Gasteiger charge is 2.31. The van der Waals surface area contributed by atoms with Crippen molar-refractivity contribution in [2.24, 2.45) is 0 Å². The smallest absolute Gasteiger partial charge is 0.0333 e. The Bertz CT molecular complexity index is 116. The molecule has 80 valence electrons. The molecular weight excluding hydrogens is 172 g/mol. The molecule has 0 nitrogen and oxygen atoms in total. The van der Waals surface area contributed by atoms with Crippen molar-refractivity contribution in [3.05, 3.63) is 0 Å². The highest BCUT2D eigenvalue weighted by Crippen LogP contribution is 2.44. The molecule has 0 aromatic carbocycles. The van der Waals surface area contributed by atoms with Crippen molar-refractivity contribution in [2.75, 3.05) is 0 Å². The molecule has 0 saturated heterocycles. The van der Waals surface area contributed by atoms with Crippen LogP contribution in [-0.4, -0.2) is 9.52 Å². The van der Waals surface area contributed by atoms with Gasteiger partial charge >= 0.3 is 0 Å². The minimum Gasteiger partial charge on any atom is -0.0652 e. The fraction of sp³-hybridized carbons (Fsp3) is 1.00. The van der Waals surface area contributed by atoms with Crippen molar-refractivity contribution in [2.45, 2.75) is 77.3 Å². The lowest BCUT2D eigenvalue weighted by molar-refractivity contribution is 0.494. The molecule has 1 heteroatoms. The zero-order chi connectivity index (χ0) is 10.5. The largest absolute Gasteiger partial charge is 0.0652 e. The van der Waals surface area contributed by atoms with Gasteiger partial charge in [-0.2, -0.15) is 0 Å². The lowest BCUT2D eigenvalue weighted by Crippen LogP contribution is -2.26. The van der Waals surface area contributed by atoms with Gasteiger partial charge in [0.25, 0.3) is 0 Å². The normalized spacial score (nSPS) is 13.4. The third kappa shape index (κ3) is 3.84. The van der Waals surface area contributed by atoms with Gasteiger partial charge in [0, 0.05) is 9.52 Å². The zero-order valence-corrected chi connectivity index (χ0v) is 11.9. The second-order valence-corrected chi connectivity index (χ2v) is 8.98. The molecule has 0 spiro atoms. The van der Waals surface area contributed by atoms with E-state index in [0.29, 0.717) is 10.1 Å². The van der Waals surface area contributed by atoms with E-state index in [1.54, 1.807) is 0 Å². The van der Waals surface area contributed by atoms with Gasteiger partial charge in [0.2, 0.25) is 0 Å². The van der Waals surface area contributed by atoms with Crippen LogP contribution in [0.25, 0.3) is 0 Å². The van der Waals surface area contributed by atoms with E-state index in [1.165, 1.54) is 25.7 Å². The predicted octanol–water partition coefficient (Wildman–Crippen LogP) is 4.15. The zero-order valence-electron chi connectivity index (χ0n) is 10.5. The Kier molecular flexibility index (Phi) is 5.27. The molecule has 0 aliphatic rings. The molecular formula is C12H28Si. The molecule has 0 fully saturated rings. The molecule has 0 aromatic rings. The molecule has 0 saturated carbocycles. The van der Waals surface area contributed by atoms with E-state index in [4.69, 9.17) is 0 Å². The summed E-state index contributed by atoms with van der Waals surface area (Å²) in [5, 5.41) is 1.42. The molecule has 0 unspecified atom stereocenters. The van der Waals surface area contributed by atoms with Crippen molar-refractivity contribution >= 4 is 9.52 Å². The Morgan fingerprint density at radius 2 is 0.923 bits per heavy atom. The van der Waals surface area contributed by atoms with Crippen LogP contribution < -0.4 is 0 Å². The Morgan fingerprint density at radius 3 is 1.08 bits per heavy atom. The van der Waals surface area contributed by atoms with Crippen LogP contribution in [0.5, 0.6) is 0 Å². The SMILES string of the molecule is CCC(C)(CC)[SiH2]C(C)(CC)CC. The van der Waals surface area contributed by atoms with Gasteiger partial charge in [-0.25, -0.2) is 0 Å². The predicted molar refractivity (Wildman–Crippen MR) is 66.4 cm³/mol. The van der Waals surface area contributed by atoms with Crippen molar-refractivity contribution in [1.82, 2.24) is 0 Å². The fourth-order valence-corrected chi connectivity index (χ4v) is 5.09. The summed E-state index contributed by atoms with van der Waals surface area (Å²) < 4.78 is 0. The molecule has 13 heavy (non-hydrogen) atoms. The van der Waals surface area contributed by atoms with Crippen LogP contribution in [0.15, 0.2) is 0 Å². The van der Waals surface area contributed by atoms with Crippen LogP contribution in [0.1, 0.15) is 67.2 Å².